The molecule has 62 valence electrons. The lowest BCUT2D eigenvalue weighted by atomic mass is 10.2. The molecular weight excluding hydrogens is 195 g/mol. The molecule has 0 aliphatic carbocycles. The van der Waals surface area contributed by atoms with Crippen LogP contribution in [-0.4, -0.2) is 11.0 Å². The summed E-state index contributed by atoms with van der Waals surface area (Å²) < 4.78 is 0. The average Bonchev–Trinajstić information content (AvgIpc) is 2.07. The molecule has 1 N–H and O–H groups in total. The number of phenols is 1. The molecule has 1 aromatic rings. The molecule has 0 spiro atoms. The Bertz CT molecular complexity index is 336. The SMILES string of the molecule is Oc1ccc(C#CCCl)cc1Cl. The minimum atomic E-state index is 0.0630. The molecule has 0 fully saturated rings. The molecule has 0 atom stereocenters. The summed E-state index contributed by atoms with van der Waals surface area (Å²) in [4.78, 5) is 0. The first-order chi connectivity index (χ1) is 5.74. The van der Waals surface area contributed by atoms with Gasteiger partial charge in [-0.3, -0.25) is 0 Å². The van der Waals surface area contributed by atoms with Crippen LogP contribution in [-0.2, 0) is 0 Å². The standard InChI is InChI=1S/C9H6Cl2O/c10-5-1-2-7-3-4-9(12)8(11)6-7/h3-4,6,12H,5H2. The number of halogens is 2. The van der Waals surface area contributed by atoms with E-state index in [1.807, 2.05) is 0 Å². The second kappa shape index (κ2) is 4.25. The summed E-state index contributed by atoms with van der Waals surface area (Å²) >= 11 is 11.0. The minimum absolute atomic E-state index is 0.0630. The van der Waals surface area contributed by atoms with E-state index in [4.69, 9.17) is 28.3 Å². The summed E-state index contributed by atoms with van der Waals surface area (Å²) in [6, 6.07) is 4.78. The van der Waals surface area contributed by atoms with E-state index >= 15 is 0 Å². The molecule has 0 saturated heterocycles. The molecule has 0 aliphatic rings. The van der Waals surface area contributed by atoms with Crippen molar-refractivity contribution in [1.82, 2.24) is 0 Å². The molecule has 1 nitrogen and oxygen atoms in total. The highest BCUT2D eigenvalue weighted by molar-refractivity contribution is 6.32. The number of alkyl halides is 1. The predicted molar refractivity (Wildman–Crippen MR) is 50.7 cm³/mol. The van der Waals surface area contributed by atoms with Crippen molar-refractivity contribution >= 4 is 23.2 Å². The van der Waals surface area contributed by atoms with Crippen LogP contribution in [0.25, 0.3) is 0 Å². The van der Waals surface area contributed by atoms with E-state index in [2.05, 4.69) is 11.8 Å². The number of hydrogen-bond acceptors (Lipinski definition) is 1. The van der Waals surface area contributed by atoms with Gasteiger partial charge in [0.1, 0.15) is 5.75 Å². The normalized spacial score (nSPS) is 8.83. The molecule has 3 heteroatoms. The fourth-order valence-electron chi connectivity index (χ4n) is 0.720. The predicted octanol–water partition coefficient (Wildman–Crippen LogP) is 2.64. The van der Waals surface area contributed by atoms with Gasteiger partial charge in [0.25, 0.3) is 0 Å². The van der Waals surface area contributed by atoms with Gasteiger partial charge in [0.05, 0.1) is 10.9 Å². The Morgan fingerprint density at radius 1 is 1.42 bits per heavy atom. The van der Waals surface area contributed by atoms with E-state index in [0.29, 0.717) is 10.9 Å². The van der Waals surface area contributed by atoms with Crippen LogP contribution in [0.15, 0.2) is 18.2 Å². The van der Waals surface area contributed by atoms with Crippen LogP contribution in [0.1, 0.15) is 5.56 Å². The lowest BCUT2D eigenvalue weighted by Crippen LogP contribution is -1.75. The van der Waals surface area contributed by atoms with Crippen LogP contribution >= 0.6 is 23.2 Å². The second-order valence-corrected chi connectivity index (χ2v) is 2.78. The summed E-state index contributed by atoms with van der Waals surface area (Å²) in [5.74, 6) is 5.82. The molecule has 0 amide bonds. The third-order valence-electron chi connectivity index (χ3n) is 1.25. The number of benzene rings is 1. The smallest absolute Gasteiger partial charge is 0.134 e. The third-order valence-corrected chi connectivity index (χ3v) is 1.68. The lowest BCUT2D eigenvalue weighted by molar-refractivity contribution is 0.475. The number of aromatic hydroxyl groups is 1. The van der Waals surface area contributed by atoms with Gasteiger partial charge < -0.3 is 5.11 Å². The van der Waals surface area contributed by atoms with Crippen molar-refractivity contribution in [3.63, 3.8) is 0 Å². The quantitative estimate of drug-likeness (QED) is 0.505. The molecule has 0 radical (unpaired) electrons. The van der Waals surface area contributed by atoms with E-state index in [1.54, 1.807) is 12.1 Å². The maximum Gasteiger partial charge on any atom is 0.134 e. The van der Waals surface area contributed by atoms with Crippen LogP contribution in [0.5, 0.6) is 5.75 Å². The Balaban J connectivity index is 2.97. The largest absolute Gasteiger partial charge is 0.506 e. The molecule has 1 aromatic carbocycles. The maximum absolute atomic E-state index is 9.06. The van der Waals surface area contributed by atoms with Crippen molar-refractivity contribution in [3.8, 4) is 17.6 Å². The third kappa shape index (κ3) is 2.34. The zero-order valence-corrected chi connectivity index (χ0v) is 7.65. The molecule has 0 aliphatic heterocycles. The van der Waals surface area contributed by atoms with E-state index in [-0.39, 0.29) is 5.75 Å². The summed E-state index contributed by atoms with van der Waals surface area (Å²) in [5.41, 5.74) is 0.749. The fraction of sp³-hybridized carbons (Fsp3) is 0.111. The summed E-state index contributed by atoms with van der Waals surface area (Å²) in [7, 11) is 0. The van der Waals surface area contributed by atoms with Crippen LogP contribution in [0.2, 0.25) is 5.02 Å². The first kappa shape index (κ1) is 9.25. The molecule has 0 saturated carbocycles. The summed E-state index contributed by atoms with van der Waals surface area (Å²) in [6.45, 7) is 0. The van der Waals surface area contributed by atoms with E-state index in [9.17, 15) is 0 Å². The van der Waals surface area contributed by atoms with Crippen molar-refractivity contribution < 1.29 is 5.11 Å². The summed E-state index contributed by atoms with van der Waals surface area (Å²) in [6.07, 6.45) is 0. The number of phenolic OH excluding ortho intramolecular Hbond substituents is 1. The number of rotatable bonds is 0. The Kier molecular flexibility index (Phi) is 3.28. The van der Waals surface area contributed by atoms with Crippen LogP contribution in [0.4, 0.5) is 0 Å². The summed E-state index contributed by atoms with van der Waals surface area (Å²) in [5, 5.41) is 9.37. The van der Waals surface area contributed by atoms with Gasteiger partial charge in [-0.05, 0) is 18.2 Å². The van der Waals surface area contributed by atoms with Gasteiger partial charge >= 0.3 is 0 Å². The molecule has 0 bridgehead atoms. The van der Waals surface area contributed by atoms with Gasteiger partial charge in [-0.15, -0.1) is 11.6 Å². The van der Waals surface area contributed by atoms with Crippen molar-refractivity contribution in [3.05, 3.63) is 28.8 Å². The van der Waals surface area contributed by atoms with Crippen LogP contribution in [0, 0.1) is 11.8 Å². The highest BCUT2D eigenvalue weighted by Crippen LogP contribution is 2.22. The van der Waals surface area contributed by atoms with E-state index in [0.717, 1.165) is 5.56 Å². The van der Waals surface area contributed by atoms with Crippen LogP contribution < -0.4 is 0 Å². The fourth-order valence-corrected chi connectivity index (χ4v) is 0.967. The highest BCUT2D eigenvalue weighted by Gasteiger charge is 1.96. The zero-order valence-electron chi connectivity index (χ0n) is 6.14. The first-order valence-corrected chi connectivity index (χ1v) is 4.18. The van der Waals surface area contributed by atoms with Gasteiger partial charge in [0, 0.05) is 5.56 Å². The van der Waals surface area contributed by atoms with Crippen molar-refractivity contribution in [2.75, 3.05) is 5.88 Å². The van der Waals surface area contributed by atoms with E-state index in [1.165, 1.54) is 6.07 Å². The van der Waals surface area contributed by atoms with Crippen molar-refractivity contribution in [2.24, 2.45) is 0 Å². The topological polar surface area (TPSA) is 20.2 Å². The van der Waals surface area contributed by atoms with Gasteiger partial charge in [0.15, 0.2) is 0 Å². The molecule has 0 unspecified atom stereocenters. The second-order valence-electron chi connectivity index (χ2n) is 2.10. The monoisotopic (exact) mass is 200 g/mol. The molecule has 1 rings (SSSR count). The molecule has 0 heterocycles. The van der Waals surface area contributed by atoms with Crippen LogP contribution in [0.3, 0.4) is 0 Å². The Morgan fingerprint density at radius 2 is 2.17 bits per heavy atom. The maximum atomic E-state index is 9.06. The van der Waals surface area contributed by atoms with Gasteiger partial charge in [-0.1, -0.05) is 23.4 Å². The highest BCUT2D eigenvalue weighted by atomic mass is 35.5. The average molecular weight is 201 g/mol. The van der Waals surface area contributed by atoms with Crippen molar-refractivity contribution in [1.29, 1.82) is 0 Å². The Labute approximate surface area is 80.9 Å². The zero-order chi connectivity index (χ0) is 8.97. The Hall–Kier alpha value is -0.840. The molecule has 12 heavy (non-hydrogen) atoms. The molecular formula is C9H6Cl2O. The Morgan fingerprint density at radius 3 is 2.75 bits per heavy atom. The van der Waals surface area contributed by atoms with Gasteiger partial charge in [-0.2, -0.15) is 0 Å². The van der Waals surface area contributed by atoms with Gasteiger partial charge in [-0.25, -0.2) is 0 Å². The number of hydrogen-bond donors (Lipinski definition) is 1. The first-order valence-electron chi connectivity index (χ1n) is 3.27. The lowest BCUT2D eigenvalue weighted by Gasteiger charge is -1.95. The van der Waals surface area contributed by atoms with Crippen molar-refractivity contribution in [2.45, 2.75) is 0 Å². The molecule has 0 aromatic heterocycles. The van der Waals surface area contributed by atoms with Gasteiger partial charge in [0.2, 0.25) is 0 Å². The minimum Gasteiger partial charge on any atom is -0.506 e. The van der Waals surface area contributed by atoms with E-state index < -0.39 is 0 Å².